The highest BCUT2D eigenvalue weighted by Gasteiger charge is 2.35. The first-order valence-electron chi connectivity index (χ1n) is 10.0. The van der Waals surface area contributed by atoms with Crippen molar-refractivity contribution in [1.29, 1.82) is 0 Å². The predicted molar refractivity (Wildman–Crippen MR) is 112 cm³/mol. The number of hydrogen-bond donors (Lipinski definition) is 0. The van der Waals surface area contributed by atoms with Crippen LogP contribution in [0.15, 0.2) is 35.5 Å². The van der Waals surface area contributed by atoms with Crippen LogP contribution in [0, 0.1) is 0 Å². The second-order valence-electron chi connectivity index (χ2n) is 7.64. The lowest BCUT2D eigenvalue weighted by Gasteiger charge is -2.28. The van der Waals surface area contributed by atoms with Gasteiger partial charge in [-0.3, -0.25) is 4.79 Å². The molecule has 1 aliphatic heterocycles. The maximum absolute atomic E-state index is 13.2. The number of carbonyl (C=O) groups is 1. The maximum Gasteiger partial charge on any atom is 0.237 e. The Morgan fingerprint density at radius 2 is 1.90 bits per heavy atom. The highest BCUT2D eigenvalue weighted by Crippen LogP contribution is 2.31. The fourth-order valence-electron chi connectivity index (χ4n) is 4.16. The van der Waals surface area contributed by atoms with Gasteiger partial charge in [0.25, 0.3) is 0 Å². The van der Waals surface area contributed by atoms with E-state index in [1.165, 1.54) is 31.0 Å². The van der Waals surface area contributed by atoms with E-state index in [0.29, 0.717) is 17.6 Å². The van der Waals surface area contributed by atoms with E-state index in [2.05, 4.69) is 15.5 Å². The summed E-state index contributed by atoms with van der Waals surface area (Å²) in [6.07, 6.45) is 6.17. The Labute approximate surface area is 175 Å². The molecule has 0 spiro atoms. The van der Waals surface area contributed by atoms with E-state index < -0.39 is 9.84 Å². The summed E-state index contributed by atoms with van der Waals surface area (Å²) in [5, 5.41) is 12.7. The molecule has 2 aromatic rings. The molecule has 8 nitrogen and oxygen atoms in total. The third kappa shape index (κ3) is 4.80. The average Bonchev–Trinajstić information content (AvgIpc) is 3.34. The number of benzene rings is 1. The first kappa shape index (κ1) is 20.3. The molecule has 2 heterocycles. The van der Waals surface area contributed by atoms with E-state index >= 15 is 0 Å². The molecule has 1 aliphatic carbocycles. The number of sulfone groups is 1. The molecule has 29 heavy (non-hydrogen) atoms. The first-order valence-corrected chi connectivity index (χ1v) is 12.8. The molecule has 1 aromatic heterocycles. The van der Waals surface area contributed by atoms with E-state index in [9.17, 15) is 13.2 Å². The number of nitrogens with zero attached hydrogens (tertiary/aromatic N) is 5. The van der Waals surface area contributed by atoms with Crippen LogP contribution in [0.5, 0.6) is 0 Å². The summed E-state index contributed by atoms with van der Waals surface area (Å²) in [6.45, 7) is 0. The van der Waals surface area contributed by atoms with Crippen molar-refractivity contribution in [3.63, 3.8) is 0 Å². The van der Waals surface area contributed by atoms with Crippen LogP contribution >= 0.6 is 11.8 Å². The van der Waals surface area contributed by atoms with E-state index in [-0.39, 0.29) is 29.2 Å². The monoisotopic (exact) mass is 435 g/mol. The molecule has 1 saturated heterocycles. The van der Waals surface area contributed by atoms with E-state index in [1.807, 2.05) is 35.0 Å². The normalized spacial score (nSPS) is 21.9. The lowest BCUT2D eigenvalue weighted by Crippen LogP contribution is -2.42. The van der Waals surface area contributed by atoms with Crippen LogP contribution in [0.3, 0.4) is 0 Å². The molecular formula is C19H25N5O3S2. The van der Waals surface area contributed by atoms with Gasteiger partial charge < -0.3 is 4.90 Å². The molecule has 10 heteroatoms. The zero-order valence-corrected chi connectivity index (χ0v) is 17.8. The minimum absolute atomic E-state index is 0.0120. The molecule has 0 radical (unpaired) electrons. The molecule has 2 fully saturated rings. The zero-order valence-electron chi connectivity index (χ0n) is 16.2. The average molecular weight is 436 g/mol. The number of para-hydroxylation sites is 1. The molecule has 0 N–H and O–H groups in total. The van der Waals surface area contributed by atoms with Gasteiger partial charge in [0, 0.05) is 5.69 Å². The lowest BCUT2D eigenvalue weighted by atomic mass is 9.96. The third-order valence-corrected chi connectivity index (χ3v) is 8.25. The van der Waals surface area contributed by atoms with Crippen molar-refractivity contribution in [3.8, 4) is 0 Å². The minimum Gasteiger partial charge on any atom is -0.308 e. The van der Waals surface area contributed by atoms with Crippen LogP contribution in [0.25, 0.3) is 0 Å². The number of carbonyl (C=O) groups excluding carboxylic acids is 1. The minimum atomic E-state index is -3.10. The van der Waals surface area contributed by atoms with Gasteiger partial charge in [0.15, 0.2) is 9.84 Å². The van der Waals surface area contributed by atoms with Crippen LogP contribution in [0.1, 0.15) is 44.6 Å². The van der Waals surface area contributed by atoms with Crippen LogP contribution in [-0.2, 0) is 14.6 Å². The van der Waals surface area contributed by atoms with Crippen molar-refractivity contribution in [3.05, 3.63) is 30.3 Å². The fraction of sp³-hybridized carbons (Fsp3) is 0.579. The fourth-order valence-corrected chi connectivity index (χ4v) is 6.66. The van der Waals surface area contributed by atoms with Crippen LogP contribution in [-0.4, -0.2) is 57.8 Å². The van der Waals surface area contributed by atoms with E-state index in [1.54, 1.807) is 4.90 Å². The van der Waals surface area contributed by atoms with Gasteiger partial charge >= 0.3 is 0 Å². The second kappa shape index (κ2) is 8.83. The number of thioether (sulfide) groups is 1. The van der Waals surface area contributed by atoms with Gasteiger partial charge in [-0.25, -0.2) is 13.1 Å². The van der Waals surface area contributed by atoms with Gasteiger partial charge in [0.2, 0.25) is 11.1 Å². The molecule has 0 bridgehead atoms. The topological polar surface area (TPSA) is 98.1 Å². The smallest absolute Gasteiger partial charge is 0.237 e. The van der Waals surface area contributed by atoms with Gasteiger partial charge in [0.1, 0.15) is 0 Å². The van der Waals surface area contributed by atoms with Crippen molar-refractivity contribution >= 4 is 33.2 Å². The predicted octanol–water partition coefficient (Wildman–Crippen LogP) is 2.49. The third-order valence-electron chi connectivity index (χ3n) is 5.58. The molecule has 0 unspecified atom stereocenters. The van der Waals surface area contributed by atoms with Crippen LogP contribution < -0.4 is 4.90 Å². The summed E-state index contributed by atoms with van der Waals surface area (Å²) < 4.78 is 25.8. The van der Waals surface area contributed by atoms with Crippen LogP contribution in [0.4, 0.5) is 5.69 Å². The second-order valence-corrected chi connectivity index (χ2v) is 10.8. The molecule has 1 atom stereocenters. The summed E-state index contributed by atoms with van der Waals surface area (Å²) in [5.41, 5.74) is 0.729. The molecule has 1 saturated carbocycles. The van der Waals surface area contributed by atoms with Gasteiger partial charge in [0.05, 0.1) is 29.3 Å². The first-order chi connectivity index (χ1) is 14.0. The maximum atomic E-state index is 13.2. The lowest BCUT2D eigenvalue weighted by molar-refractivity contribution is -0.116. The highest BCUT2D eigenvalue weighted by molar-refractivity contribution is 7.99. The van der Waals surface area contributed by atoms with Gasteiger partial charge in [-0.15, -0.1) is 5.10 Å². The highest BCUT2D eigenvalue weighted by atomic mass is 32.2. The number of amides is 1. The molecule has 1 amide bonds. The Morgan fingerprint density at radius 1 is 1.14 bits per heavy atom. The number of hydrogen-bond acceptors (Lipinski definition) is 7. The van der Waals surface area contributed by atoms with Crippen molar-refractivity contribution in [2.75, 3.05) is 22.2 Å². The number of rotatable bonds is 6. The number of tetrazole rings is 1. The summed E-state index contributed by atoms with van der Waals surface area (Å²) in [4.78, 5) is 14.8. The Balaban J connectivity index is 1.48. The number of aromatic nitrogens is 4. The molecule has 2 aliphatic rings. The molecular weight excluding hydrogens is 410 g/mol. The largest absolute Gasteiger partial charge is 0.308 e. The van der Waals surface area contributed by atoms with E-state index in [4.69, 9.17) is 0 Å². The molecule has 4 rings (SSSR count). The van der Waals surface area contributed by atoms with Crippen LogP contribution in [0.2, 0.25) is 0 Å². The molecule has 156 valence electrons. The Bertz CT molecular complexity index is 942. The van der Waals surface area contributed by atoms with Crippen molar-refractivity contribution in [2.45, 2.75) is 55.8 Å². The summed E-state index contributed by atoms with van der Waals surface area (Å²) in [6, 6.07) is 9.25. The van der Waals surface area contributed by atoms with E-state index in [0.717, 1.165) is 18.5 Å². The van der Waals surface area contributed by atoms with Gasteiger partial charge in [-0.05, 0) is 41.8 Å². The Kier molecular flexibility index (Phi) is 6.19. The molecule has 1 aromatic carbocycles. The SMILES string of the molecule is O=C(CSc1nnnn1C1CCCCC1)N(c1ccccc1)[C@@H]1CCS(=O)(=O)C1. The van der Waals surface area contributed by atoms with Crippen molar-refractivity contribution in [1.82, 2.24) is 20.2 Å². The van der Waals surface area contributed by atoms with Crippen molar-refractivity contribution < 1.29 is 13.2 Å². The Morgan fingerprint density at radius 3 is 2.59 bits per heavy atom. The quantitative estimate of drug-likeness (QED) is 0.643. The van der Waals surface area contributed by atoms with Crippen molar-refractivity contribution in [2.24, 2.45) is 0 Å². The van der Waals surface area contributed by atoms with Gasteiger partial charge in [-0.2, -0.15) is 0 Å². The summed E-state index contributed by atoms with van der Waals surface area (Å²) in [5.74, 6) is 0.180. The number of anilines is 1. The standard InChI is InChI=1S/C19H25N5O3S2/c25-18(13-28-19-20-21-22-24(19)16-9-5-2-6-10-16)23(15-7-3-1-4-8-15)17-11-12-29(26,27)14-17/h1,3-4,7-8,16-17H,2,5-6,9-14H2/t17-/m1/s1. The zero-order chi connectivity index (χ0) is 20.3. The Hall–Kier alpha value is -1.94. The summed E-state index contributed by atoms with van der Waals surface area (Å²) >= 11 is 1.32. The van der Waals surface area contributed by atoms with Gasteiger partial charge in [-0.1, -0.05) is 49.2 Å². The summed E-state index contributed by atoms with van der Waals surface area (Å²) in [7, 11) is -3.10.